The van der Waals surface area contributed by atoms with Crippen molar-refractivity contribution < 1.29 is 0 Å². The molecule has 0 aromatic heterocycles. The van der Waals surface area contributed by atoms with Crippen LogP contribution < -0.4 is 0 Å². The van der Waals surface area contributed by atoms with Crippen molar-refractivity contribution in [3.05, 3.63) is 0 Å². The van der Waals surface area contributed by atoms with Crippen LogP contribution in [0.2, 0.25) is 0 Å². The molecule has 72 valence electrons. The molecule has 0 saturated carbocycles. The predicted octanol–water partition coefficient (Wildman–Crippen LogP) is 3.10. The Balaban J connectivity index is 3.90. The molecule has 0 radical (unpaired) electrons. The summed E-state index contributed by atoms with van der Waals surface area (Å²) in [7, 11) is 0. The Morgan fingerprint density at radius 2 is 1.38 bits per heavy atom. The second kappa shape index (κ2) is 7.95. The molecule has 0 heterocycles. The van der Waals surface area contributed by atoms with Gasteiger partial charge in [0.15, 0.2) is 0 Å². The Morgan fingerprint density at radius 3 is 1.62 bits per heavy atom. The second-order valence-electron chi connectivity index (χ2n) is 2.92. The number of rotatable bonds is 6. The van der Waals surface area contributed by atoms with E-state index in [9.17, 15) is 0 Å². The van der Waals surface area contributed by atoms with Gasteiger partial charge < -0.3 is 0 Å². The van der Waals surface area contributed by atoms with Crippen molar-refractivity contribution in [1.82, 2.24) is 0 Å². The molecule has 13 heavy (non-hydrogen) atoms. The quantitative estimate of drug-likeness (QED) is 0.655. The summed E-state index contributed by atoms with van der Waals surface area (Å²) in [5.74, 6) is 0. The van der Waals surface area contributed by atoms with Crippen LogP contribution >= 0.6 is 11.8 Å². The third kappa shape index (κ3) is 5.55. The van der Waals surface area contributed by atoms with Crippen LogP contribution in [0, 0.1) is 22.7 Å². The summed E-state index contributed by atoms with van der Waals surface area (Å²) in [4.78, 5) is 0. The third-order valence-electron chi connectivity index (χ3n) is 1.93. The smallest absolute Gasteiger partial charge is 0.0633 e. The van der Waals surface area contributed by atoms with Crippen LogP contribution in [0.3, 0.4) is 0 Å². The predicted molar refractivity (Wildman–Crippen MR) is 56.2 cm³/mol. The van der Waals surface area contributed by atoms with Gasteiger partial charge in [-0.25, -0.2) is 0 Å². The van der Waals surface area contributed by atoms with Gasteiger partial charge >= 0.3 is 0 Å². The SMILES string of the molecule is CCC(CC#N)SC(CC)CC#N. The Kier molecular flexibility index (Phi) is 7.54. The summed E-state index contributed by atoms with van der Waals surface area (Å²) in [6.45, 7) is 4.18. The average Bonchev–Trinajstić information content (AvgIpc) is 2.16. The highest BCUT2D eigenvalue weighted by Gasteiger charge is 2.13. The molecular weight excluding hydrogens is 180 g/mol. The van der Waals surface area contributed by atoms with Gasteiger partial charge in [0.05, 0.1) is 12.1 Å². The summed E-state index contributed by atoms with van der Waals surface area (Å²) in [6.07, 6.45) is 3.23. The number of nitrogens with zero attached hydrogens (tertiary/aromatic N) is 2. The summed E-state index contributed by atoms with van der Waals surface area (Å²) < 4.78 is 0. The van der Waals surface area contributed by atoms with Crippen molar-refractivity contribution in [3.8, 4) is 12.1 Å². The molecule has 0 aliphatic heterocycles. The van der Waals surface area contributed by atoms with Gasteiger partial charge in [-0.2, -0.15) is 22.3 Å². The Labute approximate surface area is 84.9 Å². The molecule has 0 amide bonds. The van der Waals surface area contributed by atoms with E-state index in [-0.39, 0.29) is 0 Å². The molecule has 2 nitrogen and oxygen atoms in total. The molecule has 0 aromatic rings. The summed E-state index contributed by atoms with van der Waals surface area (Å²) in [6, 6.07) is 4.37. The Morgan fingerprint density at radius 1 is 1.00 bits per heavy atom. The third-order valence-corrected chi connectivity index (χ3v) is 3.70. The van der Waals surface area contributed by atoms with Crippen molar-refractivity contribution >= 4 is 11.8 Å². The Bertz CT molecular complexity index is 180. The summed E-state index contributed by atoms with van der Waals surface area (Å²) >= 11 is 1.79. The topological polar surface area (TPSA) is 47.6 Å². The Hall–Kier alpha value is -0.670. The molecule has 2 atom stereocenters. The highest BCUT2D eigenvalue weighted by atomic mass is 32.2. The number of hydrogen-bond acceptors (Lipinski definition) is 3. The van der Waals surface area contributed by atoms with Crippen molar-refractivity contribution in [2.45, 2.75) is 50.0 Å². The highest BCUT2D eigenvalue weighted by molar-refractivity contribution is 8.00. The lowest BCUT2D eigenvalue weighted by Gasteiger charge is -2.16. The van der Waals surface area contributed by atoms with E-state index in [1.54, 1.807) is 11.8 Å². The molecule has 0 bridgehead atoms. The molecule has 0 aliphatic carbocycles. The first-order valence-electron chi connectivity index (χ1n) is 4.67. The molecule has 0 saturated heterocycles. The lowest BCUT2D eigenvalue weighted by molar-refractivity contribution is 0.798. The standard InChI is InChI=1S/C10H16N2S/c1-3-9(5-7-11)13-10(4-2)6-8-12/h9-10H,3-6H2,1-2H3. The van der Waals surface area contributed by atoms with Gasteiger partial charge in [0.1, 0.15) is 0 Å². The van der Waals surface area contributed by atoms with Crippen LogP contribution in [0.25, 0.3) is 0 Å². The largest absolute Gasteiger partial charge is 0.198 e. The van der Waals surface area contributed by atoms with Crippen molar-refractivity contribution in [3.63, 3.8) is 0 Å². The first kappa shape index (κ1) is 12.3. The van der Waals surface area contributed by atoms with E-state index in [1.807, 2.05) is 0 Å². The van der Waals surface area contributed by atoms with Gasteiger partial charge in [-0.15, -0.1) is 0 Å². The van der Waals surface area contributed by atoms with E-state index in [2.05, 4.69) is 26.0 Å². The van der Waals surface area contributed by atoms with Crippen molar-refractivity contribution in [2.75, 3.05) is 0 Å². The number of thioether (sulfide) groups is 1. The average molecular weight is 196 g/mol. The van der Waals surface area contributed by atoms with E-state index in [4.69, 9.17) is 10.5 Å². The minimum absolute atomic E-state index is 0.406. The van der Waals surface area contributed by atoms with Gasteiger partial charge in [-0.1, -0.05) is 13.8 Å². The zero-order valence-electron chi connectivity index (χ0n) is 8.29. The minimum Gasteiger partial charge on any atom is -0.198 e. The first-order chi connectivity index (χ1) is 6.28. The maximum atomic E-state index is 8.55. The molecule has 0 fully saturated rings. The fraction of sp³-hybridized carbons (Fsp3) is 0.800. The monoisotopic (exact) mass is 196 g/mol. The maximum Gasteiger partial charge on any atom is 0.0633 e. The van der Waals surface area contributed by atoms with Crippen molar-refractivity contribution in [1.29, 1.82) is 10.5 Å². The zero-order chi connectivity index (χ0) is 10.1. The normalized spacial score (nSPS) is 14.2. The van der Waals surface area contributed by atoms with Crippen LogP contribution in [0.4, 0.5) is 0 Å². The lowest BCUT2D eigenvalue weighted by atomic mass is 10.2. The number of hydrogen-bond donors (Lipinski definition) is 0. The van der Waals surface area contributed by atoms with Gasteiger partial charge in [-0.3, -0.25) is 0 Å². The molecule has 0 aliphatic rings. The lowest BCUT2D eigenvalue weighted by Crippen LogP contribution is -2.08. The van der Waals surface area contributed by atoms with E-state index in [1.165, 1.54) is 0 Å². The van der Waals surface area contributed by atoms with E-state index < -0.39 is 0 Å². The molecule has 3 heteroatoms. The number of nitriles is 2. The van der Waals surface area contributed by atoms with Gasteiger partial charge in [-0.05, 0) is 12.8 Å². The van der Waals surface area contributed by atoms with E-state index in [0.717, 1.165) is 12.8 Å². The first-order valence-corrected chi connectivity index (χ1v) is 5.62. The molecule has 0 rings (SSSR count). The molecular formula is C10H16N2S. The minimum atomic E-state index is 0.406. The summed E-state index contributed by atoms with van der Waals surface area (Å²) in [5.41, 5.74) is 0. The van der Waals surface area contributed by atoms with Gasteiger partial charge in [0.2, 0.25) is 0 Å². The zero-order valence-corrected chi connectivity index (χ0v) is 9.10. The molecule has 0 N–H and O–H groups in total. The van der Waals surface area contributed by atoms with Crippen LogP contribution in [0.5, 0.6) is 0 Å². The van der Waals surface area contributed by atoms with Gasteiger partial charge in [0, 0.05) is 23.3 Å². The van der Waals surface area contributed by atoms with Crippen LogP contribution in [-0.4, -0.2) is 10.5 Å². The van der Waals surface area contributed by atoms with E-state index >= 15 is 0 Å². The highest BCUT2D eigenvalue weighted by Crippen LogP contribution is 2.26. The van der Waals surface area contributed by atoms with E-state index in [0.29, 0.717) is 23.3 Å². The van der Waals surface area contributed by atoms with Crippen LogP contribution in [0.1, 0.15) is 39.5 Å². The summed E-state index contributed by atoms with van der Waals surface area (Å²) in [5, 5.41) is 17.9. The fourth-order valence-corrected chi connectivity index (χ4v) is 2.32. The molecule has 2 unspecified atom stereocenters. The van der Waals surface area contributed by atoms with Crippen LogP contribution in [0.15, 0.2) is 0 Å². The maximum absolute atomic E-state index is 8.55. The molecule has 0 spiro atoms. The fourth-order valence-electron chi connectivity index (χ4n) is 1.05. The molecule has 0 aromatic carbocycles. The second-order valence-corrected chi connectivity index (χ2v) is 4.53. The van der Waals surface area contributed by atoms with Crippen molar-refractivity contribution in [2.24, 2.45) is 0 Å². The van der Waals surface area contributed by atoms with Crippen LogP contribution in [-0.2, 0) is 0 Å². The van der Waals surface area contributed by atoms with Gasteiger partial charge in [0.25, 0.3) is 0 Å².